The standard InChI is InChI=1S/C19H24N2O4/c22-17(15-1-3-16(4-2-15)21(24)25)11-20-18(23)19-8-12-5-13(9-19)7-14(6-12)10-19/h1-4,12-14,17,22H,5-11H2,(H,20,23)/t12?,13?,14?,17-,19?/m0/s1. The van der Waals surface area contributed by atoms with Crippen molar-refractivity contribution >= 4 is 11.6 Å². The quantitative estimate of drug-likeness (QED) is 0.634. The van der Waals surface area contributed by atoms with Gasteiger partial charge in [0.2, 0.25) is 5.91 Å². The lowest BCUT2D eigenvalue weighted by molar-refractivity contribution is -0.384. The minimum atomic E-state index is -0.848. The molecule has 4 aliphatic rings. The van der Waals surface area contributed by atoms with Crippen LogP contribution in [0.15, 0.2) is 24.3 Å². The van der Waals surface area contributed by atoms with E-state index in [2.05, 4.69) is 5.32 Å². The van der Waals surface area contributed by atoms with Gasteiger partial charge >= 0.3 is 0 Å². The molecule has 1 aromatic carbocycles. The van der Waals surface area contributed by atoms with E-state index >= 15 is 0 Å². The number of aliphatic hydroxyl groups is 1. The molecule has 134 valence electrons. The number of aliphatic hydroxyl groups excluding tert-OH is 1. The average Bonchev–Trinajstić information content (AvgIpc) is 2.58. The zero-order valence-corrected chi connectivity index (χ0v) is 14.2. The van der Waals surface area contributed by atoms with Crippen molar-refractivity contribution in [2.45, 2.75) is 44.6 Å². The molecule has 1 atom stereocenters. The largest absolute Gasteiger partial charge is 0.387 e. The Morgan fingerprint density at radius 2 is 1.68 bits per heavy atom. The molecule has 1 aromatic rings. The van der Waals surface area contributed by atoms with Crippen LogP contribution in [-0.2, 0) is 4.79 Å². The zero-order valence-electron chi connectivity index (χ0n) is 14.2. The lowest BCUT2D eigenvalue weighted by atomic mass is 9.49. The number of amides is 1. The van der Waals surface area contributed by atoms with Crippen LogP contribution >= 0.6 is 0 Å². The number of carbonyl (C=O) groups is 1. The average molecular weight is 344 g/mol. The minimum absolute atomic E-state index is 0.00597. The monoisotopic (exact) mass is 344 g/mol. The molecule has 0 heterocycles. The number of rotatable bonds is 5. The van der Waals surface area contributed by atoms with Crippen LogP contribution in [0.3, 0.4) is 0 Å². The summed E-state index contributed by atoms with van der Waals surface area (Å²) in [6.07, 6.45) is 6.02. The second kappa shape index (κ2) is 6.09. The lowest BCUT2D eigenvalue weighted by Crippen LogP contribution is -2.54. The van der Waals surface area contributed by atoms with Gasteiger partial charge < -0.3 is 10.4 Å². The highest BCUT2D eigenvalue weighted by Crippen LogP contribution is 2.60. The van der Waals surface area contributed by atoms with Gasteiger partial charge in [-0.05, 0) is 74.0 Å². The van der Waals surface area contributed by atoms with Gasteiger partial charge in [-0.15, -0.1) is 0 Å². The van der Waals surface area contributed by atoms with Crippen LogP contribution in [0.4, 0.5) is 5.69 Å². The van der Waals surface area contributed by atoms with E-state index in [4.69, 9.17) is 0 Å². The first kappa shape index (κ1) is 16.5. The fourth-order valence-corrected chi connectivity index (χ4v) is 5.70. The molecule has 6 heteroatoms. The van der Waals surface area contributed by atoms with E-state index in [-0.39, 0.29) is 23.6 Å². The third kappa shape index (κ3) is 3.03. The molecule has 25 heavy (non-hydrogen) atoms. The summed E-state index contributed by atoms with van der Waals surface area (Å²) in [5, 5.41) is 23.9. The first-order chi connectivity index (χ1) is 11.9. The van der Waals surface area contributed by atoms with Crippen molar-refractivity contribution < 1.29 is 14.8 Å². The van der Waals surface area contributed by atoms with Gasteiger partial charge in [-0.25, -0.2) is 0 Å². The number of nitrogens with zero attached hydrogens (tertiary/aromatic N) is 1. The second-order valence-electron chi connectivity index (χ2n) is 8.27. The SMILES string of the molecule is O=C(NC[C@H](O)c1ccc([N+](=O)[O-])cc1)C12CC3CC(CC(C3)C1)C2. The van der Waals surface area contributed by atoms with Crippen LogP contribution in [0.1, 0.15) is 50.2 Å². The summed E-state index contributed by atoms with van der Waals surface area (Å²) >= 11 is 0. The van der Waals surface area contributed by atoms with Gasteiger partial charge in [0.25, 0.3) is 5.69 Å². The van der Waals surface area contributed by atoms with Gasteiger partial charge in [0, 0.05) is 24.1 Å². The Kier molecular flexibility index (Phi) is 4.02. The van der Waals surface area contributed by atoms with E-state index < -0.39 is 11.0 Å². The summed E-state index contributed by atoms with van der Waals surface area (Å²) in [6.45, 7) is 0.151. The number of non-ortho nitro benzene ring substituents is 1. The molecular formula is C19H24N2O4. The molecule has 5 rings (SSSR count). The van der Waals surface area contributed by atoms with Crippen LogP contribution < -0.4 is 5.32 Å². The molecule has 0 aromatic heterocycles. The molecule has 1 amide bonds. The van der Waals surface area contributed by atoms with Crippen molar-refractivity contribution in [1.82, 2.24) is 5.32 Å². The topological polar surface area (TPSA) is 92.5 Å². The fraction of sp³-hybridized carbons (Fsp3) is 0.632. The number of nitrogens with one attached hydrogen (secondary N) is 1. The molecule has 0 aliphatic heterocycles. The third-order valence-corrected chi connectivity index (χ3v) is 6.46. The first-order valence-corrected chi connectivity index (χ1v) is 9.16. The smallest absolute Gasteiger partial charge is 0.269 e. The molecule has 0 spiro atoms. The Morgan fingerprint density at radius 1 is 1.16 bits per heavy atom. The highest BCUT2D eigenvalue weighted by Gasteiger charge is 2.54. The molecule has 4 bridgehead atoms. The Morgan fingerprint density at radius 3 is 2.16 bits per heavy atom. The maximum absolute atomic E-state index is 12.9. The molecule has 0 radical (unpaired) electrons. The van der Waals surface area contributed by atoms with E-state index in [0.717, 1.165) is 19.3 Å². The van der Waals surface area contributed by atoms with E-state index in [0.29, 0.717) is 23.3 Å². The van der Waals surface area contributed by atoms with Crippen molar-refractivity contribution in [2.24, 2.45) is 23.2 Å². The number of hydrogen-bond acceptors (Lipinski definition) is 4. The van der Waals surface area contributed by atoms with Crippen LogP contribution in [0.2, 0.25) is 0 Å². The normalized spacial score (nSPS) is 33.9. The first-order valence-electron chi connectivity index (χ1n) is 9.16. The van der Waals surface area contributed by atoms with Gasteiger partial charge in [0.05, 0.1) is 11.0 Å². The summed E-state index contributed by atoms with van der Waals surface area (Å²) < 4.78 is 0. The molecule has 4 saturated carbocycles. The maximum atomic E-state index is 12.9. The van der Waals surface area contributed by atoms with Gasteiger partial charge in [-0.1, -0.05) is 0 Å². The summed E-state index contributed by atoms with van der Waals surface area (Å²) in [6, 6.07) is 5.83. The van der Waals surface area contributed by atoms with Gasteiger partial charge in [-0.2, -0.15) is 0 Å². The van der Waals surface area contributed by atoms with Crippen molar-refractivity contribution in [1.29, 1.82) is 0 Å². The number of nitro groups is 1. The predicted octanol–water partition coefficient (Wildman–Crippen LogP) is 2.96. The van der Waals surface area contributed by atoms with Gasteiger partial charge in [-0.3, -0.25) is 14.9 Å². The fourth-order valence-electron chi connectivity index (χ4n) is 5.70. The number of nitro benzene ring substituents is 1. The van der Waals surface area contributed by atoms with Gasteiger partial charge in [0.15, 0.2) is 0 Å². The highest BCUT2D eigenvalue weighted by atomic mass is 16.6. The van der Waals surface area contributed by atoms with Crippen molar-refractivity contribution in [3.05, 3.63) is 39.9 Å². The lowest BCUT2D eigenvalue weighted by Gasteiger charge is -2.55. The van der Waals surface area contributed by atoms with E-state index in [1.54, 1.807) is 12.1 Å². The van der Waals surface area contributed by atoms with Crippen molar-refractivity contribution in [3.8, 4) is 0 Å². The maximum Gasteiger partial charge on any atom is 0.269 e. The van der Waals surface area contributed by atoms with E-state index in [1.807, 2.05) is 0 Å². The summed E-state index contributed by atoms with van der Waals surface area (Å²) in [5.41, 5.74) is 0.356. The van der Waals surface area contributed by atoms with Gasteiger partial charge in [0.1, 0.15) is 0 Å². The molecule has 4 fully saturated rings. The minimum Gasteiger partial charge on any atom is -0.387 e. The van der Waals surface area contributed by atoms with E-state index in [1.165, 1.54) is 31.4 Å². The van der Waals surface area contributed by atoms with Crippen molar-refractivity contribution in [3.63, 3.8) is 0 Å². The Hall–Kier alpha value is -1.95. The number of hydrogen-bond donors (Lipinski definition) is 2. The molecule has 6 nitrogen and oxygen atoms in total. The Labute approximate surface area is 146 Å². The van der Waals surface area contributed by atoms with Crippen LogP contribution in [0, 0.1) is 33.3 Å². The summed E-state index contributed by atoms with van der Waals surface area (Å²) in [4.78, 5) is 23.1. The summed E-state index contributed by atoms with van der Waals surface area (Å²) in [7, 11) is 0. The predicted molar refractivity (Wildman–Crippen MR) is 91.7 cm³/mol. The second-order valence-corrected chi connectivity index (χ2v) is 8.27. The van der Waals surface area contributed by atoms with Crippen molar-refractivity contribution in [2.75, 3.05) is 6.54 Å². The van der Waals surface area contributed by atoms with E-state index in [9.17, 15) is 20.0 Å². The third-order valence-electron chi connectivity index (χ3n) is 6.46. The number of benzene rings is 1. The van der Waals surface area contributed by atoms with Crippen LogP contribution in [-0.4, -0.2) is 22.5 Å². The molecule has 4 aliphatic carbocycles. The van der Waals surface area contributed by atoms with Crippen LogP contribution in [0.25, 0.3) is 0 Å². The highest BCUT2D eigenvalue weighted by molar-refractivity contribution is 5.83. The molecule has 0 unspecified atom stereocenters. The summed E-state index contributed by atoms with van der Waals surface area (Å²) in [5.74, 6) is 2.21. The molecule has 0 saturated heterocycles. The Balaban J connectivity index is 1.38. The molecule has 2 N–H and O–H groups in total. The zero-order chi connectivity index (χ0) is 17.6. The Bertz CT molecular complexity index is 650. The van der Waals surface area contributed by atoms with Crippen LogP contribution in [0.5, 0.6) is 0 Å². The molecular weight excluding hydrogens is 320 g/mol. The number of carbonyl (C=O) groups excluding carboxylic acids is 1.